The van der Waals surface area contributed by atoms with Crippen LogP contribution in [0.25, 0.3) is 0 Å². The van der Waals surface area contributed by atoms with Gasteiger partial charge in [0.05, 0.1) is 6.04 Å². The monoisotopic (exact) mass is 323 g/mol. The van der Waals surface area contributed by atoms with Crippen LogP contribution in [0.5, 0.6) is 5.75 Å². The second-order valence-corrected chi connectivity index (χ2v) is 6.67. The Bertz CT molecular complexity index is 564. The third-order valence-electron chi connectivity index (χ3n) is 5.31. The van der Waals surface area contributed by atoms with Gasteiger partial charge in [-0.1, -0.05) is 31.5 Å². The van der Waals surface area contributed by atoms with Crippen molar-refractivity contribution >= 4 is 5.91 Å². The Balaban J connectivity index is 1.71. The molecular weight excluding hydrogens is 300 g/mol. The molecule has 0 radical (unpaired) electrons. The summed E-state index contributed by atoms with van der Waals surface area (Å²) in [5.41, 5.74) is 0.617. The van der Waals surface area contributed by atoms with Crippen LogP contribution in [0.15, 0.2) is 24.3 Å². The SMILES string of the molecule is CCC(NC(=O)C1CC2CCC1C2)c1ccccc1OC(F)F. The predicted molar refractivity (Wildman–Crippen MR) is 83.2 cm³/mol. The molecule has 1 amide bonds. The van der Waals surface area contributed by atoms with E-state index >= 15 is 0 Å². The van der Waals surface area contributed by atoms with Crippen molar-refractivity contribution in [1.29, 1.82) is 0 Å². The number of fused-ring (bicyclic) bond motifs is 2. The maximum atomic E-state index is 12.6. The van der Waals surface area contributed by atoms with Crippen molar-refractivity contribution in [3.8, 4) is 5.75 Å². The van der Waals surface area contributed by atoms with Crippen LogP contribution in [0.4, 0.5) is 8.78 Å². The van der Waals surface area contributed by atoms with Crippen LogP contribution in [0, 0.1) is 17.8 Å². The van der Waals surface area contributed by atoms with Gasteiger partial charge in [0.15, 0.2) is 0 Å². The van der Waals surface area contributed by atoms with Crippen molar-refractivity contribution in [2.75, 3.05) is 0 Å². The van der Waals surface area contributed by atoms with Crippen LogP contribution < -0.4 is 10.1 Å². The topological polar surface area (TPSA) is 38.3 Å². The minimum atomic E-state index is -2.87. The van der Waals surface area contributed by atoms with Crippen LogP contribution in [-0.2, 0) is 4.79 Å². The molecule has 3 nitrogen and oxygen atoms in total. The molecule has 4 unspecified atom stereocenters. The molecule has 0 spiro atoms. The number of amides is 1. The summed E-state index contributed by atoms with van der Waals surface area (Å²) in [4.78, 5) is 12.6. The number of hydrogen-bond acceptors (Lipinski definition) is 2. The Kier molecular flexibility index (Phi) is 4.83. The van der Waals surface area contributed by atoms with Gasteiger partial charge in [-0.15, -0.1) is 0 Å². The highest BCUT2D eigenvalue weighted by molar-refractivity contribution is 5.80. The molecule has 0 aliphatic heterocycles. The molecule has 4 atom stereocenters. The normalized spacial score (nSPS) is 27.2. The van der Waals surface area contributed by atoms with E-state index in [0.29, 0.717) is 23.8 Å². The molecular formula is C18H23F2NO2. The zero-order valence-corrected chi connectivity index (χ0v) is 13.3. The number of halogens is 2. The van der Waals surface area contributed by atoms with E-state index in [0.717, 1.165) is 12.8 Å². The fraction of sp³-hybridized carbons (Fsp3) is 0.611. The lowest BCUT2D eigenvalue weighted by atomic mass is 9.87. The van der Waals surface area contributed by atoms with E-state index in [2.05, 4.69) is 10.1 Å². The van der Waals surface area contributed by atoms with Crippen molar-refractivity contribution in [3.63, 3.8) is 0 Å². The highest BCUT2D eigenvalue weighted by Crippen LogP contribution is 2.48. The molecule has 1 aromatic carbocycles. The molecule has 5 heteroatoms. The number of ether oxygens (including phenoxy) is 1. The highest BCUT2D eigenvalue weighted by atomic mass is 19.3. The first kappa shape index (κ1) is 16.2. The first-order valence-corrected chi connectivity index (χ1v) is 8.42. The largest absolute Gasteiger partial charge is 0.434 e. The summed E-state index contributed by atoms with van der Waals surface area (Å²) in [5.74, 6) is 1.50. The van der Waals surface area contributed by atoms with E-state index in [4.69, 9.17) is 0 Å². The van der Waals surface area contributed by atoms with Crippen LogP contribution >= 0.6 is 0 Å². The maximum absolute atomic E-state index is 12.6. The molecule has 2 bridgehead atoms. The molecule has 1 aromatic rings. The quantitative estimate of drug-likeness (QED) is 0.848. The average molecular weight is 323 g/mol. The summed E-state index contributed by atoms with van der Waals surface area (Å²) in [5, 5.41) is 3.06. The zero-order chi connectivity index (χ0) is 16.4. The van der Waals surface area contributed by atoms with E-state index in [1.54, 1.807) is 18.2 Å². The smallest absolute Gasteiger partial charge is 0.387 e. The second-order valence-electron chi connectivity index (χ2n) is 6.67. The van der Waals surface area contributed by atoms with Gasteiger partial charge in [0.25, 0.3) is 0 Å². The number of benzene rings is 1. The van der Waals surface area contributed by atoms with Gasteiger partial charge in [0.2, 0.25) is 5.91 Å². The van der Waals surface area contributed by atoms with Gasteiger partial charge in [0, 0.05) is 11.5 Å². The Morgan fingerprint density at radius 3 is 2.70 bits per heavy atom. The molecule has 23 heavy (non-hydrogen) atoms. The maximum Gasteiger partial charge on any atom is 0.387 e. The van der Waals surface area contributed by atoms with Crippen LogP contribution in [0.2, 0.25) is 0 Å². The average Bonchev–Trinajstić information content (AvgIpc) is 3.15. The van der Waals surface area contributed by atoms with Gasteiger partial charge in [-0.25, -0.2) is 0 Å². The van der Waals surface area contributed by atoms with Gasteiger partial charge in [-0.05, 0) is 43.6 Å². The summed E-state index contributed by atoms with van der Waals surface area (Å²) in [7, 11) is 0. The van der Waals surface area contributed by atoms with Crippen LogP contribution in [0.3, 0.4) is 0 Å². The third-order valence-corrected chi connectivity index (χ3v) is 5.31. The molecule has 2 fully saturated rings. The molecule has 0 aromatic heterocycles. The lowest BCUT2D eigenvalue weighted by Crippen LogP contribution is -2.36. The van der Waals surface area contributed by atoms with Gasteiger partial charge in [-0.2, -0.15) is 8.78 Å². The third kappa shape index (κ3) is 3.48. The number of alkyl halides is 2. The number of hydrogen-bond donors (Lipinski definition) is 1. The minimum Gasteiger partial charge on any atom is -0.434 e. The summed E-state index contributed by atoms with van der Waals surface area (Å²) < 4.78 is 29.7. The summed E-state index contributed by atoms with van der Waals surface area (Å²) in [6, 6.07) is 6.41. The Morgan fingerprint density at radius 2 is 2.09 bits per heavy atom. The first-order valence-electron chi connectivity index (χ1n) is 8.42. The number of rotatable bonds is 6. The highest BCUT2D eigenvalue weighted by Gasteiger charge is 2.43. The van der Waals surface area contributed by atoms with E-state index < -0.39 is 6.61 Å². The Hall–Kier alpha value is -1.65. The number of carbonyl (C=O) groups is 1. The van der Waals surface area contributed by atoms with E-state index in [1.165, 1.54) is 18.9 Å². The minimum absolute atomic E-state index is 0.0656. The zero-order valence-electron chi connectivity index (χ0n) is 13.3. The first-order chi connectivity index (χ1) is 11.1. The summed E-state index contributed by atoms with van der Waals surface area (Å²) >= 11 is 0. The number of nitrogens with one attached hydrogen (secondary N) is 1. The van der Waals surface area contributed by atoms with Crippen molar-refractivity contribution in [3.05, 3.63) is 29.8 Å². The van der Waals surface area contributed by atoms with Crippen molar-refractivity contribution in [2.45, 2.75) is 51.7 Å². The summed E-state index contributed by atoms with van der Waals surface area (Å²) in [6.45, 7) is -0.930. The van der Waals surface area contributed by atoms with Crippen LogP contribution in [-0.4, -0.2) is 12.5 Å². The van der Waals surface area contributed by atoms with Gasteiger partial charge in [-0.3, -0.25) is 4.79 Å². The molecule has 126 valence electrons. The molecule has 2 saturated carbocycles. The molecule has 0 heterocycles. The molecule has 1 N–H and O–H groups in total. The van der Waals surface area contributed by atoms with E-state index in [9.17, 15) is 13.6 Å². The lowest BCUT2D eigenvalue weighted by Gasteiger charge is -2.25. The van der Waals surface area contributed by atoms with E-state index in [1.807, 2.05) is 6.92 Å². The van der Waals surface area contributed by atoms with Crippen LogP contribution in [0.1, 0.15) is 50.6 Å². The second kappa shape index (κ2) is 6.85. The van der Waals surface area contributed by atoms with Gasteiger partial charge in [0.1, 0.15) is 5.75 Å². The Labute approximate surface area is 135 Å². The van der Waals surface area contributed by atoms with Crippen molar-refractivity contribution < 1.29 is 18.3 Å². The molecule has 2 aliphatic rings. The van der Waals surface area contributed by atoms with Gasteiger partial charge >= 0.3 is 6.61 Å². The molecule has 2 aliphatic carbocycles. The standard InChI is InChI=1S/C18H23F2NO2/c1-2-15(13-5-3-4-6-16(13)23-18(19)20)21-17(22)14-10-11-7-8-12(14)9-11/h3-6,11-12,14-15,18H,2,7-10H2,1H3,(H,21,22). The fourth-order valence-electron chi connectivity index (χ4n) is 4.22. The summed E-state index contributed by atoms with van der Waals surface area (Å²) in [6.07, 6.45) is 5.17. The van der Waals surface area contributed by atoms with Crippen molar-refractivity contribution in [1.82, 2.24) is 5.32 Å². The van der Waals surface area contributed by atoms with Gasteiger partial charge < -0.3 is 10.1 Å². The lowest BCUT2D eigenvalue weighted by molar-refractivity contribution is -0.127. The Morgan fingerprint density at radius 1 is 1.30 bits per heavy atom. The molecule has 3 rings (SSSR count). The van der Waals surface area contributed by atoms with Crippen molar-refractivity contribution in [2.24, 2.45) is 17.8 Å². The number of para-hydroxylation sites is 1. The van der Waals surface area contributed by atoms with E-state index in [-0.39, 0.29) is 23.6 Å². The fourth-order valence-corrected chi connectivity index (χ4v) is 4.22. The molecule has 0 saturated heterocycles. The predicted octanol–water partition coefficient (Wildman–Crippen LogP) is 4.29. The number of carbonyl (C=O) groups excluding carboxylic acids is 1.